The minimum absolute atomic E-state index is 0.000235. The Labute approximate surface area is 214 Å². The average molecular weight is 523 g/mol. The molecule has 0 radical (unpaired) electrons. The van der Waals surface area contributed by atoms with Crippen LogP contribution in [-0.4, -0.2) is 44.9 Å². The Bertz CT molecular complexity index is 1580. The summed E-state index contributed by atoms with van der Waals surface area (Å²) in [6, 6.07) is 7.37. The molecule has 13 heteroatoms. The molecule has 3 aromatic heterocycles. The third-order valence-corrected chi connectivity index (χ3v) is 5.36. The molecular formula is C25H20F3N7O3. The number of benzene rings is 1. The molecule has 4 aromatic rings. The Morgan fingerprint density at radius 1 is 1.08 bits per heavy atom. The zero-order valence-corrected chi connectivity index (χ0v) is 20.6. The van der Waals surface area contributed by atoms with E-state index in [1.54, 1.807) is 18.2 Å². The fourth-order valence-electron chi connectivity index (χ4n) is 3.67. The van der Waals surface area contributed by atoms with E-state index in [1.165, 1.54) is 39.6 Å². The smallest absolute Gasteiger partial charge is 0.435 e. The maximum Gasteiger partial charge on any atom is 0.435 e. The second-order valence-corrected chi connectivity index (χ2v) is 8.08. The fourth-order valence-corrected chi connectivity index (χ4v) is 3.67. The van der Waals surface area contributed by atoms with Gasteiger partial charge in [0.25, 0.3) is 0 Å². The Hall–Kier alpha value is -4.99. The minimum Gasteiger partial charge on any atom is -0.480 e. The number of alkyl halides is 3. The first kappa shape index (κ1) is 26.1. The van der Waals surface area contributed by atoms with Crippen molar-refractivity contribution in [3.63, 3.8) is 0 Å². The number of rotatable bonds is 6. The first-order valence-corrected chi connectivity index (χ1v) is 10.9. The number of hydrogen-bond donors (Lipinski definition) is 1. The molecule has 0 spiro atoms. The summed E-state index contributed by atoms with van der Waals surface area (Å²) in [6.45, 7) is 10.5. The van der Waals surface area contributed by atoms with Crippen LogP contribution in [0.4, 0.5) is 30.5 Å². The number of hydrogen-bond acceptors (Lipinski definition) is 8. The number of carbonyl (C=O) groups is 1. The van der Waals surface area contributed by atoms with Crippen LogP contribution in [0.25, 0.3) is 21.8 Å². The molecule has 1 aromatic carbocycles. The van der Waals surface area contributed by atoms with Gasteiger partial charge in [0.1, 0.15) is 5.56 Å². The molecule has 3 heterocycles. The lowest BCUT2D eigenvalue weighted by Gasteiger charge is -2.14. The summed E-state index contributed by atoms with van der Waals surface area (Å²) >= 11 is 0. The number of aryl methyl sites for hydroxylation is 2. The van der Waals surface area contributed by atoms with Crippen LogP contribution in [0.2, 0.25) is 0 Å². The number of carbonyl (C=O) groups excluding carboxylic acids is 1. The molecule has 0 aliphatic rings. The largest absolute Gasteiger partial charge is 0.480 e. The molecule has 0 aliphatic heterocycles. The van der Waals surface area contributed by atoms with Crippen LogP contribution in [0.3, 0.4) is 0 Å². The minimum atomic E-state index is -4.68. The van der Waals surface area contributed by atoms with Crippen molar-refractivity contribution in [2.75, 3.05) is 19.5 Å². The number of esters is 1. The van der Waals surface area contributed by atoms with E-state index in [4.69, 9.17) is 16.0 Å². The molecule has 0 unspecified atom stereocenters. The number of anilines is 2. The van der Waals surface area contributed by atoms with Gasteiger partial charge in [-0.2, -0.15) is 23.3 Å². The number of ether oxygens (including phenoxy) is 2. The predicted octanol–water partition coefficient (Wildman–Crippen LogP) is 5.45. The highest BCUT2D eigenvalue weighted by Crippen LogP contribution is 2.33. The summed E-state index contributed by atoms with van der Waals surface area (Å²) in [4.78, 5) is 28.6. The van der Waals surface area contributed by atoms with Gasteiger partial charge in [0, 0.05) is 34.9 Å². The SMILES string of the molecule is [C-]#[N+]c1cc(C)cc(Nc2ncc(-c3cnc(OC)c(C(=O)OC)c3)c(-n3nc(C(F)(F)F)cc3C)n2)c1. The molecule has 0 atom stereocenters. The molecule has 194 valence electrons. The van der Waals surface area contributed by atoms with Gasteiger partial charge in [0.05, 0.1) is 20.8 Å². The van der Waals surface area contributed by atoms with E-state index >= 15 is 0 Å². The highest BCUT2D eigenvalue weighted by atomic mass is 19.4. The Morgan fingerprint density at radius 3 is 2.47 bits per heavy atom. The first-order valence-electron chi connectivity index (χ1n) is 10.9. The highest BCUT2D eigenvalue weighted by molar-refractivity contribution is 5.93. The maximum atomic E-state index is 13.4. The molecule has 1 N–H and O–H groups in total. The van der Waals surface area contributed by atoms with Crippen molar-refractivity contribution < 1.29 is 27.4 Å². The van der Waals surface area contributed by atoms with Gasteiger partial charge in [-0.3, -0.25) is 0 Å². The number of nitrogens with zero attached hydrogens (tertiary/aromatic N) is 6. The lowest BCUT2D eigenvalue weighted by atomic mass is 10.1. The Kier molecular flexibility index (Phi) is 6.98. The number of halogens is 3. The maximum absolute atomic E-state index is 13.4. The van der Waals surface area contributed by atoms with Crippen LogP contribution < -0.4 is 10.1 Å². The molecule has 0 saturated carbocycles. The molecule has 0 amide bonds. The summed E-state index contributed by atoms with van der Waals surface area (Å²) in [5, 5.41) is 6.71. The van der Waals surface area contributed by atoms with Crippen molar-refractivity contribution in [1.29, 1.82) is 0 Å². The molecular weight excluding hydrogens is 503 g/mol. The molecule has 10 nitrogen and oxygen atoms in total. The van der Waals surface area contributed by atoms with E-state index in [9.17, 15) is 18.0 Å². The van der Waals surface area contributed by atoms with Crippen molar-refractivity contribution in [2.45, 2.75) is 20.0 Å². The molecule has 0 fully saturated rings. The molecule has 0 bridgehead atoms. The summed E-state index contributed by atoms with van der Waals surface area (Å²) in [5.41, 5.74) is 1.32. The van der Waals surface area contributed by atoms with Gasteiger partial charge in [-0.05, 0) is 38.1 Å². The summed E-state index contributed by atoms with van der Waals surface area (Å²) in [6.07, 6.45) is -1.94. The standard InChI is InChI=1S/C25H20F3N7O3/c1-13-6-16(29-3)10-17(7-13)32-24-31-12-19(15-9-18(23(36)38-5)22(37-4)30-11-15)21(33-24)35-14(2)8-20(34-35)25(26,27)28/h6-12H,1-2,4-5H3,(H,31,32,33). The van der Waals surface area contributed by atoms with E-state index < -0.39 is 17.8 Å². The topological polar surface area (TPSA) is 108 Å². The number of nitrogens with one attached hydrogen (secondary N) is 1. The Morgan fingerprint density at radius 2 is 1.84 bits per heavy atom. The molecule has 0 aliphatic carbocycles. The van der Waals surface area contributed by atoms with Crippen molar-refractivity contribution >= 4 is 23.3 Å². The quantitative estimate of drug-likeness (QED) is 0.263. The third-order valence-electron chi connectivity index (χ3n) is 5.36. The van der Waals surface area contributed by atoms with Gasteiger partial charge in [-0.1, -0.05) is 11.6 Å². The second kappa shape index (κ2) is 10.2. The number of pyridine rings is 1. The predicted molar refractivity (Wildman–Crippen MR) is 131 cm³/mol. The van der Waals surface area contributed by atoms with E-state index in [-0.39, 0.29) is 34.5 Å². The van der Waals surface area contributed by atoms with E-state index in [0.29, 0.717) is 16.9 Å². The number of aromatic nitrogens is 5. The molecule has 0 saturated heterocycles. The van der Waals surface area contributed by atoms with Crippen LogP contribution in [0.15, 0.2) is 42.7 Å². The lowest BCUT2D eigenvalue weighted by Crippen LogP contribution is -2.11. The monoisotopic (exact) mass is 523 g/mol. The number of methoxy groups -OCH3 is 2. The van der Waals surface area contributed by atoms with Crippen LogP contribution >= 0.6 is 0 Å². The van der Waals surface area contributed by atoms with Gasteiger partial charge in [0.15, 0.2) is 17.2 Å². The normalized spacial score (nSPS) is 11.1. The van der Waals surface area contributed by atoms with Gasteiger partial charge in [-0.15, -0.1) is 0 Å². The summed E-state index contributed by atoms with van der Waals surface area (Å²) < 4.78 is 51.3. The molecule has 38 heavy (non-hydrogen) atoms. The van der Waals surface area contributed by atoms with Crippen molar-refractivity contribution in [2.24, 2.45) is 0 Å². The highest BCUT2D eigenvalue weighted by Gasteiger charge is 2.35. The van der Waals surface area contributed by atoms with E-state index in [2.05, 4.69) is 30.2 Å². The fraction of sp³-hybridized carbons (Fsp3) is 0.200. The van der Waals surface area contributed by atoms with Crippen molar-refractivity contribution in [3.05, 3.63) is 76.7 Å². The van der Waals surface area contributed by atoms with Crippen LogP contribution in [0, 0.1) is 20.4 Å². The van der Waals surface area contributed by atoms with E-state index in [1.807, 2.05) is 6.92 Å². The average Bonchev–Trinajstić information content (AvgIpc) is 3.29. The zero-order valence-electron chi connectivity index (χ0n) is 20.6. The van der Waals surface area contributed by atoms with Gasteiger partial charge in [0.2, 0.25) is 11.8 Å². The summed E-state index contributed by atoms with van der Waals surface area (Å²) in [7, 11) is 2.53. The van der Waals surface area contributed by atoms with E-state index in [0.717, 1.165) is 16.3 Å². The van der Waals surface area contributed by atoms with Crippen LogP contribution in [-0.2, 0) is 10.9 Å². The van der Waals surface area contributed by atoms with Gasteiger partial charge >= 0.3 is 12.1 Å². The third kappa shape index (κ3) is 5.24. The lowest BCUT2D eigenvalue weighted by molar-refractivity contribution is -0.141. The van der Waals surface area contributed by atoms with Crippen LogP contribution in [0.5, 0.6) is 5.88 Å². The van der Waals surface area contributed by atoms with Gasteiger partial charge < -0.3 is 14.8 Å². The van der Waals surface area contributed by atoms with Gasteiger partial charge in [-0.25, -0.2) is 24.3 Å². The Balaban J connectivity index is 1.90. The first-order chi connectivity index (χ1) is 18.0. The second-order valence-electron chi connectivity index (χ2n) is 8.08. The zero-order chi connectivity index (χ0) is 27.6. The van der Waals surface area contributed by atoms with Crippen molar-refractivity contribution in [3.8, 4) is 22.8 Å². The van der Waals surface area contributed by atoms with Crippen molar-refractivity contribution in [1.82, 2.24) is 24.7 Å². The van der Waals surface area contributed by atoms with Crippen LogP contribution in [0.1, 0.15) is 27.3 Å². The summed E-state index contributed by atoms with van der Waals surface area (Å²) in [5.74, 6) is -0.674. The molecule has 4 rings (SSSR count).